The minimum atomic E-state index is -1.13. The number of rotatable bonds is 6. The first-order valence-corrected chi connectivity index (χ1v) is 12.5. The highest BCUT2D eigenvalue weighted by molar-refractivity contribution is 6.30. The second-order valence-electron chi connectivity index (χ2n) is 10.1. The van der Waals surface area contributed by atoms with E-state index >= 15 is 0 Å². The number of carbonyl (C=O) groups is 2. The summed E-state index contributed by atoms with van der Waals surface area (Å²) in [4.78, 5) is 25.6. The Kier molecular flexibility index (Phi) is 6.19. The van der Waals surface area contributed by atoms with Gasteiger partial charge in [0.1, 0.15) is 5.75 Å². The number of fused-ring (bicyclic) bond motifs is 3. The molecule has 5 rings (SSSR count). The summed E-state index contributed by atoms with van der Waals surface area (Å²) in [5.74, 6) is -2.00. The molecule has 1 unspecified atom stereocenters. The molecule has 1 fully saturated rings. The lowest BCUT2D eigenvalue weighted by molar-refractivity contribution is -0.145. The second-order valence-corrected chi connectivity index (χ2v) is 10.6. The molecule has 7 heteroatoms. The Bertz CT molecular complexity index is 1110. The molecule has 2 atom stereocenters. The first kappa shape index (κ1) is 23.0. The molecule has 6 nitrogen and oxygen atoms in total. The smallest absolute Gasteiger partial charge is 0.311 e. The van der Waals surface area contributed by atoms with Crippen LogP contribution in [0.5, 0.6) is 5.75 Å². The molecule has 1 saturated carbocycles. The van der Waals surface area contributed by atoms with Gasteiger partial charge >= 0.3 is 11.9 Å². The molecule has 0 radical (unpaired) electrons. The van der Waals surface area contributed by atoms with Gasteiger partial charge in [-0.05, 0) is 79.0 Å². The van der Waals surface area contributed by atoms with Crippen LogP contribution in [0.1, 0.15) is 61.1 Å². The van der Waals surface area contributed by atoms with E-state index in [1.54, 1.807) is 6.07 Å². The fraction of sp³-hybridized carbons (Fsp3) is 0.481. The predicted octanol–water partition coefficient (Wildman–Crippen LogP) is 5.26. The molecule has 2 aromatic rings. The summed E-state index contributed by atoms with van der Waals surface area (Å²) in [6.45, 7) is 2.22. The third-order valence-electron chi connectivity index (χ3n) is 7.84. The average molecular weight is 484 g/mol. The summed E-state index contributed by atoms with van der Waals surface area (Å²) >= 11 is 6.31. The van der Waals surface area contributed by atoms with Crippen LogP contribution < -0.4 is 9.64 Å². The van der Waals surface area contributed by atoms with Crippen LogP contribution >= 0.6 is 11.6 Å². The summed E-state index contributed by atoms with van der Waals surface area (Å²) in [6, 6.07) is 11.6. The molecule has 2 N–H and O–H groups in total. The van der Waals surface area contributed by atoms with Gasteiger partial charge in [-0.1, -0.05) is 30.2 Å². The molecule has 3 aliphatic rings. The van der Waals surface area contributed by atoms with Gasteiger partial charge in [-0.3, -0.25) is 9.59 Å². The topological polar surface area (TPSA) is 87.1 Å². The van der Waals surface area contributed by atoms with Crippen molar-refractivity contribution in [2.24, 2.45) is 5.92 Å². The molecule has 180 valence electrons. The number of carboxylic acid groups (broad SMARTS) is 2. The standard InChI is InChI=1S/C27H30ClNO5/c28-20-7-8-22-19(11-20)5-2-10-27(22)15-29(14-17-3-1-4-17)23-12-18(6-9-24(23)34-16-27)21(26(32)33)13-25(30)31/h6-9,11-12,17,21H,1-5,10,13-16H2,(H,30,31)(H,32,33)/t21?,27-/m0/s1. The number of halogens is 1. The van der Waals surface area contributed by atoms with Crippen molar-refractivity contribution in [3.8, 4) is 5.75 Å². The third-order valence-corrected chi connectivity index (χ3v) is 8.08. The van der Waals surface area contributed by atoms with Gasteiger partial charge in [0, 0.05) is 23.5 Å². The lowest BCUT2D eigenvalue weighted by Crippen LogP contribution is -2.47. The van der Waals surface area contributed by atoms with Gasteiger partial charge in [0.05, 0.1) is 24.6 Å². The minimum absolute atomic E-state index is 0.172. The molecule has 34 heavy (non-hydrogen) atoms. The van der Waals surface area contributed by atoms with Crippen molar-refractivity contribution in [1.82, 2.24) is 0 Å². The van der Waals surface area contributed by atoms with Gasteiger partial charge < -0.3 is 19.8 Å². The van der Waals surface area contributed by atoms with Crippen LogP contribution in [0.15, 0.2) is 36.4 Å². The van der Waals surface area contributed by atoms with E-state index in [1.807, 2.05) is 18.2 Å². The highest BCUT2D eigenvalue weighted by Crippen LogP contribution is 2.46. The van der Waals surface area contributed by atoms with Crippen molar-refractivity contribution in [2.45, 2.75) is 56.3 Å². The van der Waals surface area contributed by atoms with Gasteiger partial charge in [0.25, 0.3) is 0 Å². The lowest BCUT2D eigenvalue weighted by atomic mass is 9.70. The summed E-state index contributed by atoms with van der Waals surface area (Å²) in [5.41, 5.74) is 3.78. The first-order valence-electron chi connectivity index (χ1n) is 12.1. The monoisotopic (exact) mass is 483 g/mol. The van der Waals surface area contributed by atoms with Crippen LogP contribution in [0.4, 0.5) is 5.69 Å². The molecule has 1 heterocycles. The Labute approximate surface area is 204 Å². The van der Waals surface area contributed by atoms with Crippen LogP contribution in [-0.2, 0) is 21.4 Å². The molecular formula is C27H30ClNO5. The summed E-state index contributed by atoms with van der Waals surface area (Å²) < 4.78 is 6.43. The first-order chi connectivity index (χ1) is 16.3. The average Bonchev–Trinajstić information content (AvgIpc) is 2.91. The SMILES string of the molecule is O=C(O)CC(C(=O)O)c1ccc2c(c1)N(CC1CCC1)C[C@@]1(CCCc3cc(Cl)ccc31)CO2. The van der Waals surface area contributed by atoms with Crippen molar-refractivity contribution in [1.29, 1.82) is 0 Å². The Morgan fingerprint density at radius 1 is 1.15 bits per heavy atom. The van der Waals surface area contributed by atoms with Gasteiger partial charge in [-0.2, -0.15) is 0 Å². The number of ether oxygens (including phenoxy) is 1. The van der Waals surface area contributed by atoms with Gasteiger partial charge in [0.15, 0.2) is 0 Å². The summed E-state index contributed by atoms with van der Waals surface area (Å²) in [5, 5.41) is 19.7. The van der Waals surface area contributed by atoms with E-state index < -0.39 is 24.3 Å². The number of hydrogen-bond acceptors (Lipinski definition) is 4. The fourth-order valence-corrected chi connectivity index (χ4v) is 6.05. The second kappa shape index (κ2) is 9.14. The highest BCUT2D eigenvalue weighted by atomic mass is 35.5. The Morgan fingerprint density at radius 2 is 1.97 bits per heavy atom. The Hall–Kier alpha value is -2.73. The van der Waals surface area contributed by atoms with Crippen LogP contribution in [-0.4, -0.2) is 41.8 Å². The third kappa shape index (κ3) is 4.36. The van der Waals surface area contributed by atoms with Crippen LogP contribution in [0, 0.1) is 5.92 Å². The molecule has 0 saturated heterocycles. The zero-order chi connectivity index (χ0) is 23.9. The number of nitrogens with zero attached hydrogens (tertiary/aromatic N) is 1. The molecule has 1 aliphatic heterocycles. The van der Waals surface area contributed by atoms with Crippen LogP contribution in [0.3, 0.4) is 0 Å². The van der Waals surface area contributed by atoms with Gasteiger partial charge in [-0.25, -0.2) is 0 Å². The summed E-state index contributed by atoms with van der Waals surface area (Å²) in [7, 11) is 0. The minimum Gasteiger partial charge on any atom is -0.490 e. The summed E-state index contributed by atoms with van der Waals surface area (Å²) in [6.07, 6.45) is 6.27. The van der Waals surface area contributed by atoms with Crippen LogP contribution in [0.25, 0.3) is 0 Å². The number of aryl methyl sites for hydroxylation is 1. The molecule has 0 amide bonds. The molecule has 0 bridgehead atoms. The number of benzene rings is 2. The maximum Gasteiger partial charge on any atom is 0.311 e. The maximum absolute atomic E-state index is 11.9. The van der Waals surface area contributed by atoms with Crippen molar-refractivity contribution < 1.29 is 24.5 Å². The predicted molar refractivity (Wildman–Crippen MR) is 130 cm³/mol. The van der Waals surface area contributed by atoms with Gasteiger partial charge in [-0.15, -0.1) is 0 Å². The lowest BCUT2D eigenvalue weighted by Gasteiger charge is -2.42. The van der Waals surface area contributed by atoms with E-state index in [4.69, 9.17) is 16.3 Å². The molecule has 0 aromatic heterocycles. The van der Waals surface area contributed by atoms with Crippen molar-refractivity contribution in [3.63, 3.8) is 0 Å². The largest absolute Gasteiger partial charge is 0.490 e. The van der Waals surface area contributed by atoms with E-state index in [1.165, 1.54) is 30.4 Å². The fourth-order valence-electron chi connectivity index (χ4n) is 5.86. The van der Waals surface area contributed by atoms with Gasteiger partial charge in [0.2, 0.25) is 0 Å². The van der Waals surface area contributed by atoms with E-state index in [-0.39, 0.29) is 5.41 Å². The Balaban J connectivity index is 1.55. The van der Waals surface area contributed by atoms with E-state index in [2.05, 4.69) is 17.0 Å². The quantitative estimate of drug-likeness (QED) is 0.583. The highest BCUT2D eigenvalue weighted by Gasteiger charge is 2.42. The van der Waals surface area contributed by atoms with Crippen molar-refractivity contribution >= 4 is 29.2 Å². The molecular weight excluding hydrogens is 454 g/mol. The van der Waals surface area contributed by atoms with E-state index in [0.29, 0.717) is 18.1 Å². The normalized spacial score (nSPS) is 22.7. The molecule has 1 spiro atoms. The zero-order valence-corrected chi connectivity index (χ0v) is 19.9. The molecule has 2 aromatic carbocycles. The van der Waals surface area contributed by atoms with Crippen molar-refractivity contribution in [2.75, 3.05) is 24.6 Å². The van der Waals surface area contributed by atoms with Crippen molar-refractivity contribution in [3.05, 3.63) is 58.1 Å². The maximum atomic E-state index is 11.9. The number of anilines is 1. The number of aliphatic carboxylic acids is 2. The Morgan fingerprint density at radius 3 is 2.68 bits per heavy atom. The van der Waals surface area contributed by atoms with Crippen LogP contribution in [0.2, 0.25) is 5.02 Å². The zero-order valence-electron chi connectivity index (χ0n) is 19.1. The molecule has 2 aliphatic carbocycles. The number of carboxylic acids is 2. The number of hydrogen-bond donors (Lipinski definition) is 2. The van der Waals surface area contributed by atoms with E-state index in [9.17, 15) is 19.8 Å². The van der Waals surface area contributed by atoms with E-state index in [0.717, 1.165) is 48.8 Å².